The van der Waals surface area contributed by atoms with Crippen molar-refractivity contribution in [1.82, 2.24) is 10.6 Å². The molecule has 2 aliphatic rings. The minimum Gasteiger partial charge on any atom is -0.394 e. The van der Waals surface area contributed by atoms with Crippen molar-refractivity contribution in [3.05, 3.63) is 0 Å². The minimum atomic E-state index is -5.53. The smallest absolute Gasteiger partial charge is 0.394 e. The van der Waals surface area contributed by atoms with E-state index in [1.54, 1.807) is 20.8 Å². The van der Waals surface area contributed by atoms with Crippen LogP contribution >= 0.6 is 15.2 Å². The van der Waals surface area contributed by atoms with Crippen LogP contribution in [0.4, 0.5) is 8.78 Å². The first-order valence-corrected chi connectivity index (χ1v) is 20.4. The van der Waals surface area contributed by atoms with Gasteiger partial charge in [-0.2, -0.15) is 4.39 Å². The van der Waals surface area contributed by atoms with Crippen LogP contribution in [0.15, 0.2) is 9.98 Å². The number of amides is 2. The van der Waals surface area contributed by atoms with E-state index >= 15 is 8.78 Å². The Bertz CT molecular complexity index is 1460. The maximum Gasteiger partial charge on any atom is 0.395 e. The van der Waals surface area contributed by atoms with E-state index in [1.807, 2.05) is 0 Å². The summed E-state index contributed by atoms with van der Waals surface area (Å²) in [5, 5.41) is 53.2. The number of hydrogen-bond donors (Lipinski definition) is 13. The number of guanidine groups is 2. The van der Waals surface area contributed by atoms with E-state index in [1.165, 1.54) is 20.8 Å². The summed E-state index contributed by atoms with van der Waals surface area (Å²) in [6, 6.07) is -5.31. The van der Waals surface area contributed by atoms with Crippen LogP contribution in [0.3, 0.4) is 0 Å². The minimum absolute atomic E-state index is 0.0816. The van der Waals surface area contributed by atoms with E-state index < -0.39 is 131 Å². The molecular weight excluding hydrogens is 800 g/mol. The Kier molecular flexibility index (Phi) is 19.6. The van der Waals surface area contributed by atoms with Crippen molar-refractivity contribution in [3.63, 3.8) is 0 Å². The van der Waals surface area contributed by atoms with Gasteiger partial charge in [-0.1, -0.05) is 6.92 Å². The molecule has 2 saturated heterocycles. The molecule has 56 heavy (non-hydrogen) atoms. The van der Waals surface area contributed by atoms with E-state index in [2.05, 4.69) is 25.1 Å². The molecule has 2 aliphatic heterocycles. The highest BCUT2D eigenvalue weighted by atomic mass is 31.2. The summed E-state index contributed by atoms with van der Waals surface area (Å²) < 4.78 is 76.1. The molecule has 0 radical (unpaired) electrons. The average Bonchev–Trinajstić information content (AvgIpc) is 3.05. The van der Waals surface area contributed by atoms with Crippen LogP contribution in [0.1, 0.15) is 54.9 Å². The van der Waals surface area contributed by atoms with Gasteiger partial charge in [0, 0.05) is 26.2 Å². The molecule has 0 bridgehead atoms. The fourth-order valence-corrected chi connectivity index (χ4v) is 8.82. The zero-order valence-corrected chi connectivity index (χ0v) is 33.7. The molecule has 27 heteroatoms. The van der Waals surface area contributed by atoms with E-state index in [0.717, 1.165) is 6.92 Å². The van der Waals surface area contributed by atoms with Crippen LogP contribution in [-0.4, -0.2) is 157 Å². The summed E-state index contributed by atoms with van der Waals surface area (Å²) in [5.74, 6) is -4.18. The lowest BCUT2D eigenvalue weighted by molar-refractivity contribution is -0.246. The van der Waals surface area contributed by atoms with Gasteiger partial charge in [-0.3, -0.25) is 18.7 Å². The largest absolute Gasteiger partial charge is 0.395 e. The lowest BCUT2D eigenvalue weighted by Crippen LogP contribution is -2.69. The van der Waals surface area contributed by atoms with Crippen molar-refractivity contribution in [2.75, 3.05) is 13.2 Å². The number of carbonyl (C=O) groups is 2. The highest BCUT2D eigenvalue weighted by molar-refractivity contribution is 7.54. The van der Waals surface area contributed by atoms with E-state index in [-0.39, 0.29) is 18.3 Å². The maximum atomic E-state index is 15.5. The molecular formula is C29H58F2N8O15P2. The normalized spacial score (nSPS) is 32.2. The number of ether oxygens (including phenoxy) is 2. The molecule has 0 aromatic heterocycles. The summed E-state index contributed by atoms with van der Waals surface area (Å²) in [6.45, 7) is 8.06. The molecule has 0 aliphatic carbocycles. The van der Waals surface area contributed by atoms with Gasteiger partial charge in [0.1, 0.15) is 24.4 Å². The number of nitrogens with two attached hydrogens (primary N) is 4. The third-order valence-electron chi connectivity index (χ3n) is 8.24. The highest BCUT2D eigenvalue weighted by Crippen LogP contribution is 2.63. The summed E-state index contributed by atoms with van der Waals surface area (Å²) in [5.41, 5.74) is 17.4. The zero-order valence-electron chi connectivity index (χ0n) is 32.0. The van der Waals surface area contributed by atoms with Crippen LogP contribution in [0.2, 0.25) is 0 Å². The number of hydrogen-bond acceptors (Lipinski definition) is 15. The average molecular weight is 859 g/mol. The van der Waals surface area contributed by atoms with Crippen molar-refractivity contribution in [3.8, 4) is 0 Å². The van der Waals surface area contributed by atoms with Crippen molar-refractivity contribution >= 4 is 38.9 Å². The van der Waals surface area contributed by atoms with Gasteiger partial charge in [-0.15, -0.1) is 0 Å². The molecule has 2 heterocycles. The monoisotopic (exact) mass is 858 g/mol. The number of aliphatic imine (C=N–C) groups is 2. The Morgan fingerprint density at radius 1 is 0.857 bits per heavy atom. The third kappa shape index (κ3) is 13.7. The first kappa shape index (κ1) is 51.4. The van der Waals surface area contributed by atoms with Crippen LogP contribution in [0, 0.1) is 5.92 Å². The van der Waals surface area contributed by atoms with Gasteiger partial charge in [-0.25, -0.2) is 14.4 Å². The molecule has 2 amide bonds. The van der Waals surface area contributed by atoms with E-state index in [0.29, 0.717) is 0 Å². The van der Waals surface area contributed by atoms with E-state index in [4.69, 9.17) is 42.0 Å². The van der Waals surface area contributed by atoms with Gasteiger partial charge in [0.05, 0.1) is 55.8 Å². The summed E-state index contributed by atoms with van der Waals surface area (Å²) in [4.78, 5) is 51.1. The van der Waals surface area contributed by atoms with Gasteiger partial charge < -0.3 is 87.4 Å². The summed E-state index contributed by atoms with van der Waals surface area (Å²) >= 11 is 0. The molecule has 328 valence electrons. The lowest BCUT2D eigenvalue weighted by atomic mass is 9.86. The van der Waals surface area contributed by atoms with Gasteiger partial charge in [0.15, 0.2) is 23.9 Å². The number of aliphatic hydroxyl groups excluding tert-OH is 5. The first-order chi connectivity index (χ1) is 25.6. The van der Waals surface area contributed by atoms with Crippen LogP contribution in [0.5, 0.6) is 0 Å². The van der Waals surface area contributed by atoms with Crippen LogP contribution < -0.4 is 33.6 Å². The number of halogens is 2. The molecule has 0 spiro atoms. The van der Waals surface area contributed by atoms with Gasteiger partial charge >= 0.3 is 20.8 Å². The Morgan fingerprint density at radius 2 is 1.34 bits per heavy atom. The fourth-order valence-electron chi connectivity index (χ4n) is 5.87. The molecule has 2 fully saturated rings. The Labute approximate surface area is 322 Å². The van der Waals surface area contributed by atoms with Crippen molar-refractivity contribution in [1.29, 1.82) is 0 Å². The Hall–Kier alpha value is -2.64. The predicted octanol–water partition coefficient (Wildman–Crippen LogP) is -3.33. The molecule has 0 aromatic carbocycles. The van der Waals surface area contributed by atoms with Gasteiger partial charge in [0.2, 0.25) is 11.8 Å². The molecule has 23 nitrogen and oxygen atoms in total. The van der Waals surface area contributed by atoms with Gasteiger partial charge in [-0.05, 0) is 27.7 Å². The number of alkyl halides is 2. The number of rotatable bonds is 16. The number of carbonyl (C=O) groups excluding carboxylic acids is 2. The molecule has 3 unspecified atom stereocenters. The zero-order chi connectivity index (χ0) is 43.7. The Balaban J connectivity index is 0.000000561. The standard InChI is InChI=1S/C15H31N4O7P.C14H27F2N4O8P/c1-7(2)26-27(23,24)12-5-10(19-15(16)17)13(18-9(4)21)14(25-12)8(3)11(22)6-20;1-5(2)28-29(25,26)14(16)12(15)9(20-13(17)18)8(19-6(3)22)11(27-14)10(24)7(23)4-21/h7-8,10-14,20,22H,5-6H2,1-4H3,(H,18,21)(H,23,24)(H4,16,17,19);5,7-12,21,23-24H,4H2,1-3H3,(H,19,22)(H,25,26)(H4,17,18,20)/t8-,10+,11-,12?,13-,14+;7-,8-,9-,10-,11-,12-,14-/m11/s1. The second kappa shape index (κ2) is 21.4. The second-order valence-electron chi connectivity index (χ2n) is 13.7. The molecule has 15 atom stereocenters. The lowest BCUT2D eigenvalue weighted by Gasteiger charge is -2.47. The van der Waals surface area contributed by atoms with Crippen molar-refractivity contribution in [2.45, 2.75) is 139 Å². The Morgan fingerprint density at radius 3 is 1.77 bits per heavy atom. The predicted molar refractivity (Wildman–Crippen MR) is 195 cm³/mol. The quantitative estimate of drug-likeness (QED) is 0.0410. The molecule has 0 saturated carbocycles. The topological polar surface area (TPSA) is 400 Å². The number of aliphatic hydroxyl groups is 5. The van der Waals surface area contributed by atoms with E-state index in [9.17, 15) is 48.9 Å². The SMILES string of the molecule is CC(=O)N[C@@H]1[C@@H](N=C(N)N)[C@@H](F)[C@](F)(P(=O)(O)OC(C)C)O[C@H]1[C@H](O)[C@H](O)CO.CC(=O)N[C@H]1[C@H]([C@H](C)[C@H](O)CO)OC(P(=O)(O)OC(C)C)C[C@@H]1N=C(N)N. The second-order valence-corrected chi connectivity index (χ2v) is 17.5. The number of nitrogens with zero attached hydrogens (tertiary/aromatic N) is 2. The summed E-state index contributed by atoms with van der Waals surface area (Å²) in [7, 11) is -9.74. The number of nitrogens with one attached hydrogen (secondary N) is 2. The van der Waals surface area contributed by atoms with Crippen molar-refractivity contribution in [2.24, 2.45) is 38.8 Å². The summed E-state index contributed by atoms with van der Waals surface area (Å²) in [6.07, 6.45) is -13.0. The highest BCUT2D eigenvalue weighted by Gasteiger charge is 2.68. The first-order valence-electron chi connectivity index (χ1n) is 17.2. The molecule has 0 aromatic rings. The fraction of sp³-hybridized carbons (Fsp3) is 0.862. The van der Waals surface area contributed by atoms with Crippen molar-refractivity contribution < 1.29 is 81.3 Å². The van der Waals surface area contributed by atoms with Gasteiger partial charge in [0.25, 0.3) is 0 Å². The maximum absolute atomic E-state index is 15.5. The van der Waals surface area contributed by atoms with Crippen LogP contribution in [0.25, 0.3) is 0 Å². The third-order valence-corrected chi connectivity index (χ3v) is 11.9. The molecule has 17 N–H and O–H groups in total. The molecule has 2 rings (SSSR count). The van der Waals surface area contributed by atoms with Crippen LogP contribution in [-0.2, 0) is 37.2 Å².